The molecule has 5 rings (SSSR count). The molecule has 0 spiro atoms. The monoisotopic (exact) mass is 491 g/mol. The van der Waals surface area contributed by atoms with E-state index in [0.29, 0.717) is 26.5 Å². The number of amides is 2. The number of piperidine rings is 1. The Labute approximate surface area is 206 Å². The maximum Gasteiger partial charge on any atom is 0.264 e. The maximum atomic E-state index is 12.6. The van der Waals surface area contributed by atoms with Gasteiger partial charge in [0.05, 0.1) is 21.1 Å². The summed E-state index contributed by atoms with van der Waals surface area (Å²) < 4.78 is 0. The van der Waals surface area contributed by atoms with Crippen molar-refractivity contribution in [1.82, 2.24) is 15.6 Å². The molecule has 2 saturated heterocycles. The van der Waals surface area contributed by atoms with Gasteiger partial charge in [0.1, 0.15) is 0 Å². The third-order valence-corrected chi connectivity index (χ3v) is 6.95. The molecular formula is C25H22ClN5O2S. The largest absolute Gasteiger partial charge is 0.326 e. The topological polar surface area (TPSA) is 95.5 Å². The summed E-state index contributed by atoms with van der Waals surface area (Å²) in [7, 11) is 0. The number of hydrogen-bond acceptors (Lipinski definition) is 6. The number of carbonyl (C=O) groups excluding carboxylic acids is 2. The Hall–Kier alpha value is -3.20. The van der Waals surface area contributed by atoms with Crippen molar-refractivity contribution >= 4 is 68.7 Å². The van der Waals surface area contributed by atoms with E-state index in [1.54, 1.807) is 24.4 Å². The standard InChI is InChI=1S/C25H22ClN5O2S/c26-19-5-4-18(29-23(32)16-7-10-27-11-8-16)14-21(19)30-25-31-24(33)22(34-25)13-15-3-6-20-17(12-15)2-1-9-28-20/h1-6,9,12-14,16,27H,7-8,10-11H2,(H,29,32)(H,30,31,33)/b22-13-. The van der Waals surface area contributed by atoms with Crippen molar-refractivity contribution < 1.29 is 9.59 Å². The van der Waals surface area contributed by atoms with Gasteiger partial charge in [0, 0.05) is 23.2 Å². The van der Waals surface area contributed by atoms with Gasteiger partial charge in [-0.1, -0.05) is 23.7 Å². The van der Waals surface area contributed by atoms with Crippen LogP contribution in [0.2, 0.25) is 5.02 Å². The predicted octanol–water partition coefficient (Wildman–Crippen LogP) is 4.72. The maximum absolute atomic E-state index is 12.6. The van der Waals surface area contributed by atoms with Crippen molar-refractivity contribution in [1.29, 1.82) is 0 Å². The van der Waals surface area contributed by atoms with E-state index in [-0.39, 0.29) is 17.7 Å². The number of anilines is 1. The van der Waals surface area contributed by atoms with Gasteiger partial charge in [-0.05, 0) is 85.7 Å². The number of benzene rings is 2. The summed E-state index contributed by atoms with van der Waals surface area (Å²) in [6.07, 6.45) is 5.22. The first kappa shape index (κ1) is 22.6. The second-order valence-electron chi connectivity index (χ2n) is 8.12. The van der Waals surface area contributed by atoms with E-state index >= 15 is 0 Å². The molecule has 3 aromatic rings. The number of fused-ring (bicyclic) bond motifs is 1. The van der Waals surface area contributed by atoms with Crippen LogP contribution in [0.15, 0.2) is 64.6 Å². The van der Waals surface area contributed by atoms with Gasteiger partial charge in [0.25, 0.3) is 5.91 Å². The molecule has 34 heavy (non-hydrogen) atoms. The number of aromatic nitrogens is 1. The lowest BCUT2D eigenvalue weighted by Crippen LogP contribution is -2.34. The van der Waals surface area contributed by atoms with E-state index in [1.807, 2.05) is 36.4 Å². The average Bonchev–Trinajstić information content (AvgIpc) is 3.20. The van der Waals surface area contributed by atoms with Crippen LogP contribution in [0, 0.1) is 5.92 Å². The molecule has 2 aromatic carbocycles. The van der Waals surface area contributed by atoms with Gasteiger partial charge in [0.15, 0.2) is 5.17 Å². The van der Waals surface area contributed by atoms with Gasteiger partial charge in [0.2, 0.25) is 5.91 Å². The summed E-state index contributed by atoms with van der Waals surface area (Å²) in [5.41, 5.74) is 2.91. The van der Waals surface area contributed by atoms with Crippen LogP contribution in [-0.2, 0) is 9.59 Å². The van der Waals surface area contributed by atoms with Gasteiger partial charge in [-0.3, -0.25) is 14.6 Å². The molecule has 2 aliphatic rings. The van der Waals surface area contributed by atoms with E-state index in [1.165, 1.54) is 11.8 Å². The highest BCUT2D eigenvalue weighted by Crippen LogP contribution is 2.33. The predicted molar refractivity (Wildman–Crippen MR) is 138 cm³/mol. The second-order valence-corrected chi connectivity index (χ2v) is 9.55. The molecule has 172 valence electrons. The van der Waals surface area contributed by atoms with Gasteiger partial charge in [-0.15, -0.1) is 0 Å². The summed E-state index contributed by atoms with van der Waals surface area (Å²) in [5.74, 6) is -0.224. The lowest BCUT2D eigenvalue weighted by Gasteiger charge is -2.21. The summed E-state index contributed by atoms with van der Waals surface area (Å²) in [6, 6.07) is 14.9. The van der Waals surface area contributed by atoms with E-state index in [4.69, 9.17) is 11.6 Å². The molecular weight excluding hydrogens is 470 g/mol. The third kappa shape index (κ3) is 5.14. The Morgan fingerprint density at radius 2 is 2.03 bits per heavy atom. The van der Waals surface area contributed by atoms with Crippen LogP contribution < -0.4 is 16.0 Å². The normalized spacial score (nSPS) is 19.0. The van der Waals surface area contributed by atoms with E-state index < -0.39 is 0 Å². The number of thioether (sulfide) groups is 1. The van der Waals surface area contributed by atoms with Crippen LogP contribution in [0.1, 0.15) is 18.4 Å². The Bertz CT molecular complexity index is 1330. The quantitative estimate of drug-likeness (QED) is 0.459. The second kappa shape index (κ2) is 9.97. The van der Waals surface area contributed by atoms with E-state index in [9.17, 15) is 9.59 Å². The number of nitrogens with one attached hydrogen (secondary N) is 3. The van der Waals surface area contributed by atoms with Crippen molar-refractivity contribution in [2.24, 2.45) is 10.9 Å². The summed E-state index contributed by atoms with van der Waals surface area (Å²) in [5, 5.41) is 10.9. The molecule has 0 saturated carbocycles. The van der Waals surface area contributed by atoms with Crippen LogP contribution in [0.4, 0.5) is 11.4 Å². The van der Waals surface area contributed by atoms with Crippen LogP contribution >= 0.6 is 23.4 Å². The first-order valence-corrected chi connectivity index (χ1v) is 12.2. The molecule has 0 aliphatic carbocycles. The van der Waals surface area contributed by atoms with Crippen molar-refractivity contribution in [2.45, 2.75) is 12.8 Å². The first-order valence-electron chi connectivity index (χ1n) is 11.0. The SMILES string of the molecule is O=C1NC(=Nc2cc(NC(=O)C3CCNCC3)ccc2Cl)S/C1=C\c1ccc2ncccc2c1. The number of aliphatic imine (C=N–C) groups is 1. The summed E-state index contributed by atoms with van der Waals surface area (Å²) >= 11 is 7.59. The molecule has 2 fully saturated rings. The minimum Gasteiger partial charge on any atom is -0.326 e. The molecule has 2 amide bonds. The van der Waals surface area contributed by atoms with Crippen molar-refractivity contribution in [2.75, 3.05) is 18.4 Å². The summed E-state index contributed by atoms with van der Waals surface area (Å²) in [4.78, 5) is 34.5. The number of amidine groups is 1. The molecule has 3 N–H and O–H groups in total. The molecule has 9 heteroatoms. The highest BCUT2D eigenvalue weighted by atomic mass is 35.5. The van der Waals surface area contributed by atoms with Gasteiger partial charge < -0.3 is 16.0 Å². The van der Waals surface area contributed by atoms with Crippen LogP contribution in [-0.4, -0.2) is 35.1 Å². The average molecular weight is 492 g/mol. The zero-order valence-corrected chi connectivity index (χ0v) is 19.7. The molecule has 0 unspecified atom stereocenters. The lowest BCUT2D eigenvalue weighted by atomic mass is 9.97. The highest BCUT2D eigenvalue weighted by Gasteiger charge is 2.25. The zero-order valence-electron chi connectivity index (χ0n) is 18.2. The van der Waals surface area contributed by atoms with Gasteiger partial charge in [-0.25, -0.2) is 4.99 Å². The van der Waals surface area contributed by atoms with Crippen molar-refractivity contribution in [3.8, 4) is 0 Å². The third-order valence-electron chi connectivity index (χ3n) is 5.72. The van der Waals surface area contributed by atoms with Crippen LogP contribution in [0.25, 0.3) is 17.0 Å². The van der Waals surface area contributed by atoms with Crippen molar-refractivity contribution in [3.05, 3.63) is 70.2 Å². The van der Waals surface area contributed by atoms with Gasteiger partial charge >= 0.3 is 0 Å². The molecule has 0 bridgehead atoms. The molecule has 0 radical (unpaired) electrons. The van der Waals surface area contributed by atoms with Crippen LogP contribution in [0.5, 0.6) is 0 Å². The number of halogens is 1. The fourth-order valence-electron chi connectivity index (χ4n) is 3.93. The molecule has 0 atom stereocenters. The van der Waals surface area contributed by atoms with Crippen LogP contribution in [0.3, 0.4) is 0 Å². The Kier molecular flexibility index (Phi) is 6.62. The Morgan fingerprint density at radius 3 is 2.88 bits per heavy atom. The number of nitrogens with zero attached hydrogens (tertiary/aromatic N) is 2. The summed E-state index contributed by atoms with van der Waals surface area (Å²) in [6.45, 7) is 1.70. The smallest absolute Gasteiger partial charge is 0.264 e. The van der Waals surface area contributed by atoms with E-state index in [0.717, 1.165) is 42.4 Å². The zero-order chi connectivity index (χ0) is 23.5. The molecule has 7 nitrogen and oxygen atoms in total. The molecule has 1 aromatic heterocycles. The Morgan fingerprint density at radius 1 is 1.18 bits per heavy atom. The fraction of sp³-hybridized carbons (Fsp3) is 0.200. The Balaban J connectivity index is 1.33. The van der Waals surface area contributed by atoms with E-state index in [2.05, 4.69) is 25.9 Å². The molecule has 3 heterocycles. The molecule has 2 aliphatic heterocycles. The number of hydrogen-bond donors (Lipinski definition) is 3. The minimum atomic E-state index is -0.221. The number of pyridine rings is 1. The number of rotatable bonds is 4. The lowest BCUT2D eigenvalue weighted by molar-refractivity contribution is -0.120. The van der Waals surface area contributed by atoms with Gasteiger partial charge in [-0.2, -0.15) is 0 Å². The minimum absolute atomic E-state index is 0.00164. The fourth-order valence-corrected chi connectivity index (χ4v) is 4.92. The highest BCUT2D eigenvalue weighted by molar-refractivity contribution is 8.18. The first-order chi connectivity index (χ1) is 16.5. The number of carbonyl (C=O) groups is 2. The van der Waals surface area contributed by atoms with Crippen molar-refractivity contribution in [3.63, 3.8) is 0 Å².